The summed E-state index contributed by atoms with van der Waals surface area (Å²) in [6.07, 6.45) is 3.62. The van der Waals surface area contributed by atoms with Gasteiger partial charge in [-0.2, -0.15) is 0 Å². The Kier molecular flexibility index (Phi) is 28.3. The van der Waals surface area contributed by atoms with Gasteiger partial charge >= 0.3 is 0 Å². The van der Waals surface area contributed by atoms with Crippen molar-refractivity contribution in [1.82, 2.24) is 20.9 Å². The van der Waals surface area contributed by atoms with Crippen LogP contribution in [0.25, 0.3) is 0 Å². The maximum absolute atomic E-state index is 10.7. The molecule has 7 heteroatoms. The Morgan fingerprint density at radius 3 is 1.00 bits per heavy atom. The van der Waals surface area contributed by atoms with Gasteiger partial charge in [-0.25, -0.2) is 0 Å². The van der Waals surface area contributed by atoms with Gasteiger partial charge in [0.05, 0.1) is 0 Å². The first-order valence-electron chi connectivity index (χ1n) is 19.5. The molecule has 0 saturated carbocycles. The van der Waals surface area contributed by atoms with Crippen LogP contribution in [0.15, 0.2) is 60.7 Å². The van der Waals surface area contributed by atoms with Gasteiger partial charge in [-0.05, 0) is 131 Å². The maximum Gasteiger partial charge on any atom is 0.219 e. The van der Waals surface area contributed by atoms with E-state index in [-0.39, 0.29) is 34.3 Å². The molecule has 0 aromatic heterocycles. The molecule has 314 valence electrons. The monoisotopic (exact) mass is 757 g/mol. The molecule has 0 unspecified atom stereocenters. The maximum atomic E-state index is 10.7. The molecule has 0 aliphatic carbocycles. The number of hydrogen-bond acceptors (Lipinski definition) is 4. The van der Waals surface area contributed by atoms with Gasteiger partial charge < -0.3 is 20.9 Å². The van der Waals surface area contributed by atoms with Crippen LogP contribution < -0.4 is 16.0 Å². The van der Waals surface area contributed by atoms with Gasteiger partial charge in [-0.15, -0.1) is 0 Å². The standard InChI is InChI=1S/C12H18.C11H16.C7H15NO.2C6H13NO.C5H13N/c1-12(2,3)10-9-11-7-5-4-6-8-11;1-11(2,3)9-10-7-5-4-6-8-10;1-6(9)8(5)7(2,3)4;2*1-5(8)7-6(2,3)4;1-5(2,3)6-4/h4-8H,9-10H2,1-3H3;4-8H,9H2,1-3H3;1-5H3;2*1-4H3,(H,7,8);6H,1-4H3. The number of carbonyl (C=O) groups excluding carboxylic acids is 3. The molecule has 2 aromatic carbocycles. The summed E-state index contributed by atoms with van der Waals surface area (Å²) < 4.78 is 0. The van der Waals surface area contributed by atoms with Crippen LogP contribution in [-0.2, 0) is 27.2 Å². The van der Waals surface area contributed by atoms with Crippen molar-refractivity contribution in [3.05, 3.63) is 71.8 Å². The zero-order valence-corrected chi connectivity index (χ0v) is 39.6. The summed E-state index contributed by atoms with van der Waals surface area (Å²) >= 11 is 0. The number of hydrogen-bond donors (Lipinski definition) is 3. The molecule has 0 aliphatic heterocycles. The van der Waals surface area contributed by atoms with Crippen LogP contribution in [0.2, 0.25) is 0 Å². The van der Waals surface area contributed by atoms with Crippen molar-refractivity contribution >= 4 is 17.7 Å². The van der Waals surface area contributed by atoms with Crippen LogP contribution >= 0.6 is 0 Å². The van der Waals surface area contributed by atoms with E-state index in [0.29, 0.717) is 16.4 Å². The molecular weight excluding hydrogens is 669 g/mol. The minimum absolute atomic E-state index is 0.0255. The molecule has 0 aliphatic rings. The third-order valence-electron chi connectivity index (χ3n) is 6.91. The van der Waals surface area contributed by atoms with Gasteiger partial charge in [0.1, 0.15) is 0 Å². The van der Waals surface area contributed by atoms with E-state index in [2.05, 4.69) is 139 Å². The van der Waals surface area contributed by atoms with Crippen LogP contribution in [0.3, 0.4) is 0 Å². The number of nitrogens with zero attached hydrogens (tertiary/aromatic N) is 1. The summed E-state index contributed by atoms with van der Waals surface area (Å²) in [6, 6.07) is 21.3. The molecule has 0 bridgehead atoms. The lowest BCUT2D eigenvalue weighted by Crippen LogP contribution is -2.41. The van der Waals surface area contributed by atoms with Gasteiger partial charge in [0.25, 0.3) is 0 Å². The summed E-state index contributed by atoms with van der Waals surface area (Å²) in [5.74, 6) is 0.164. The zero-order chi connectivity index (χ0) is 43.8. The Balaban J connectivity index is -0.000000282. The van der Waals surface area contributed by atoms with Crippen LogP contribution in [0.5, 0.6) is 0 Å². The normalized spacial score (nSPS) is 11.4. The van der Waals surface area contributed by atoms with Gasteiger partial charge in [-0.3, -0.25) is 14.4 Å². The van der Waals surface area contributed by atoms with E-state index in [1.54, 1.807) is 11.8 Å². The van der Waals surface area contributed by atoms with Crippen molar-refractivity contribution in [2.24, 2.45) is 10.8 Å². The molecular formula is C47H88N4O3. The topological polar surface area (TPSA) is 90.5 Å². The Labute approximate surface area is 335 Å². The molecule has 2 aromatic rings. The van der Waals surface area contributed by atoms with Gasteiger partial charge in [-0.1, -0.05) is 102 Å². The second kappa shape index (κ2) is 26.6. The Morgan fingerprint density at radius 1 is 0.519 bits per heavy atom. The van der Waals surface area contributed by atoms with E-state index in [9.17, 15) is 14.4 Å². The quantitative estimate of drug-likeness (QED) is 0.291. The lowest BCUT2D eigenvalue weighted by Gasteiger charge is -2.30. The molecule has 0 spiro atoms. The predicted molar refractivity (Wildman–Crippen MR) is 238 cm³/mol. The number of benzene rings is 2. The molecule has 2 rings (SSSR count). The van der Waals surface area contributed by atoms with Crippen LogP contribution in [0.1, 0.15) is 163 Å². The van der Waals surface area contributed by atoms with Crippen molar-refractivity contribution in [2.75, 3.05) is 14.1 Å². The van der Waals surface area contributed by atoms with Gasteiger partial charge in [0.2, 0.25) is 17.7 Å². The van der Waals surface area contributed by atoms with E-state index in [4.69, 9.17) is 0 Å². The number of amides is 3. The third-order valence-corrected chi connectivity index (χ3v) is 6.91. The summed E-state index contributed by atoms with van der Waals surface area (Å²) in [6.45, 7) is 42.4. The Bertz CT molecular complexity index is 1220. The second-order valence-electron chi connectivity index (χ2n) is 20.4. The highest BCUT2D eigenvalue weighted by Crippen LogP contribution is 2.21. The molecule has 0 atom stereocenters. The highest BCUT2D eigenvalue weighted by Gasteiger charge is 2.18. The van der Waals surface area contributed by atoms with Crippen LogP contribution in [0.4, 0.5) is 0 Å². The molecule has 3 amide bonds. The van der Waals surface area contributed by atoms with Gasteiger partial charge in [0, 0.05) is 50.0 Å². The number of rotatable bonds is 3. The minimum Gasteiger partial charge on any atom is -0.352 e. The van der Waals surface area contributed by atoms with Crippen molar-refractivity contribution in [1.29, 1.82) is 0 Å². The predicted octanol–water partition coefficient (Wildman–Crippen LogP) is 11.0. The van der Waals surface area contributed by atoms with E-state index < -0.39 is 0 Å². The first-order valence-corrected chi connectivity index (χ1v) is 19.5. The van der Waals surface area contributed by atoms with E-state index in [1.807, 2.05) is 76.4 Å². The van der Waals surface area contributed by atoms with Gasteiger partial charge in [0.15, 0.2) is 0 Å². The molecule has 0 radical (unpaired) electrons. The minimum atomic E-state index is -0.0775. The first kappa shape index (κ1) is 57.5. The SMILES string of the molecule is CC(=O)N(C)C(C)(C)C.CC(=O)NC(C)(C)C.CC(=O)NC(C)(C)C.CC(C)(C)CCc1ccccc1.CC(C)(C)Cc1ccccc1.CNC(C)(C)C. The first-order chi connectivity index (χ1) is 23.9. The number of aryl methyl sites for hydroxylation is 1. The summed E-state index contributed by atoms with van der Waals surface area (Å²) in [5.41, 5.74) is 3.84. The third kappa shape index (κ3) is 50.9. The fraction of sp³-hybridized carbons (Fsp3) is 0.681. The Morgan fingerprint density at radius 2 is 0.833 bits per heavy atom. The Hall–Kier alpha value is -3.19. The molecule has 0 saturated heterocycles. The van der Waals surface area contributed by atoms with Crippen LogP contribution in [-0.4, -0.2) is 58.9 Å². The second-order valence-corrected chi connectivity index (χ2v) is 20.4. The number of carbonyl (C=O) groups is 3. The average molecular weight is 757 g/mol. The lowest BCUT2D eigenvalue weighted by atomic mass is 9.88. The highest BCUT2D eigenvalue weighted by molar-refractivity contribution is 5.74. The molecule has 3 N–H and O–H groups in total. The van der Waals surface area contributed by atoms with E-state index in [1.165, 1.54) is 37.8 Å². The molecule has 54 heavy (non-hydrogen) atoms. The fourth-order valence-corrected chi connectivity index (χ4v) is 3.90. The molecule has 0 heterocycles. The highest BCUT2D eigenvalue weighted by atomic mass is 16.2. The summed E-state index contributed by atoms with van der Waals surface area (Å²) in [5, 5.41) is 8.59. The van der Waals surface area contributed by atoms with E-state index >= 15 is 0 Å². The van der Waals surface area contributed by atoms with Crippen LogP contribution in [0, 0.1) is 10.8 Å². The largest absolute Gasteiger partial charge is 0.352 e. The van der Waals surface area contributed by atoms with Crippen molar-refractivity contribution < 1.29 is 14.4 Å². The molecule has 7 nitrogen and oxygen atoms in total. The average Bonchev–Trinajstić information content (AvgIpc) is 2.94. The van der Waals surface area contributed by atoms with Crippen molar-refractivity contribution in [3.8, 4) is 0 Å². The smallest absolute Gasteiger partial charge is 0.219 e. The lowest BCUT2D eigenvalue weighted by molar-refractivity contribution is -0.131. The number of nitrogens with one attached hydrogen (secondary N) is 3. The fourth-order valence-electron chi connectivity index (χ4n) is 3.90. The van der Waals surface area contributed by atoms with Crippen molar-refractivity contribution in [2.45, 2.75) is 187 Å². The zero-order valence-electron chi connectivity index (χ0n) is 39.6. The molecule has 0 fully saturated rings. The summed E-state index contributed by atoms with van der Waals surface area (Å²) in [4.78, 5) is 33.1. The van der Waals surface area contributed by atoms with E-state index in [0.717, 1.165) is 6.42 Å². The summed E-state index contributed by atoms with van der Waals surface area (Å²) in [7, 11) is 3.77. The van der Waals surface area contributed by atoms with Crippen molar-refractivity contribution in [3.63, 3.8) is 0 Å².